The summed E-state index contributed by atoms with van der Waals surface area (Å²) in [6.07, 6.45) is -0.173. The summed E-state index contributed by atoms with van der Waals surface area (Å²) in [6.45, 7) is 1.13. The smallest absolute Gasteiger partial charge is 0.339 e. The fraction of sp³-hybridized carbons (Fsp3) is 0.312. The zero-order valence-corrected chi connectivity index (χ0v) is 14.4. The highest BCUT2D eigenvalue weighted by Gasteiger charge is 2.15. The van der Waals surface area contributed by atoms with Crippen molar-refractivity contribution in [3.63, 3.8) is 0 Å². The number of aliphatic hydroxyl groups is 1. The molecule has 0 unspecified atom stereocenters. The van der Waals surface area contributed by atoms with Gasteiger partial charge in [-0.2, -0.15) is 5.10 Å². The van der Waals surface area contributed by atoms with Gasteiger partial charge in [0.25, 0.3) is 0 Å². The third-order valence-electron chi connectivity index (χ3n) is 2.97. The summed E-state index contributed by atoms with van der Waals surface area (Å²) in [5, 5.41) is 16.9. The number of carbonyl (C=O) groups excluding carboxylic acids is 4. The number of benzene rings is 1. The van der Waals surface area contributed by atoms with Crippen LogP contribution in [0.2, 0.25) is 0 Å². The van der Waals surface area contributed by atoms with Crippen LogP contribution in [0.1, 0.15) is 23.7 Å². The Hall–Kier alpha value is -3.27. The number of rotatable bonds is 7. The van der Waals surface area contributed by atoms with Crippen LogP contribution in [-0.4, -0.2) is 54.8 Å². The number of hydrogen-bond acceptors (Lipinski definition) is 7. The molecule has 0 heterocycles. The summed E-state index contributed by atoms with van der Waals surface area (Å²) in [4.78, 5) is 46.4. The average molecular weight is 364 g/mol. The molecule has 0 spiro atoms. The summed E-state index contributed by atoms with van der Waals surface area (Å²) in [7, 11) is 1.23. The molecule has 1 aromatic rings. The summed E-state index contributed by atoms with van der Waals surface area (Å²) in [5.41, 5.74) is 2.72. The highest BCUT2D eigenvalue weighted by Crippen LogP contribution is 2.16. The summed E-state index contributed by atoms with van der Waals surface area (Å²) in [6, 6.07) is 6.33. The van der Waals surface area contributed by atoms with Crippen LogP contribution in [0, 0.1) is 0 Å². The molecule has 0 aliphatic carbocycles. The van der Waals surface area contributed by atoms with Crippen LogP contribution in [-0.2, 0) is 19.1 Å². The molecule has 0 aliphatic heterocycles. The molecule has 0 saturated carbocycles. The minimum Gasteiger partial charge on any atom is -0.465 e. The second-order valence-corrected chi connectivity index (χ2v) is 5.03. The van der Waals surface area contributed by atoms with Gasteiger partial charge in [0.05, 0.1) is 31.4 Å². The monoisotopic (exact) mass is 364 g/mol. The number of ether oxygens (including phenoxy) is 1. The Kier molecular flexibility index (Phi) is 8.44. The number of nitrogens with one attached hydrogen (secondary N) is 3. The summed E-state index contributed by atoms with van der Waals surface area (Å²) >= 11 is 0. The first kappa shape index (κ1) is 20.8. The second kappa shape index (κ2) is 10.6. The zero-order valence-electron chi connectivity index (χ0n) is 14.4. The number of hydrazone groups is 1. The summed E-state index contributed by atoms with van der Waals surface area (Å²) in [5.74, 6) is -3.03. The van der Waals surface area contributed by atoms with Gasteiger partial charge in [-0.1, -0.05) is 12.1 Å². The number of aliphatic hydroxyl groups excluding tert-OH is 1. The van der Waals surface area contributed by atoms with E-state index < -0.39 is 23.7 Å². The van der Waals surface area contributed by atoms with Gasteiger partial charge >= 0.3 is 17.8 Å². The maximum absolute atomic E-state index is 12.0. The average Bonchev–Trinajstić information content (AvgIpc) is 2.63. The Morgan fingerprint density at radius 2 is 1.85 bits per heavy atom. The first-order chi connectivity index (χ1) is 12.4. The number of hydrogen-bond donors (Lipinski definition) is 4. The topological polar surface area (TPSA) is 146 Å². The van der Waals surface area contributed by atoms with Crippen molar-refractivity contribution in [2.45, 2.75) is 13.3 Å². The molecule has 0 aliphatic rings. The van der Waals surface area contributed by atoms with Crippen LogP contribution in [0.5, 0.6) is 0 Å². The molecule has 10 heteroatoms. The predicted molar refractivity (Wildman–Crippen MR) is 92.4 cm³/mol. The number of esters is 1. The molecular formula is C16H20N4O6. The maximum Gasteiger partial charge on any atom is 0.339 e. The third-order valence-corrected chi connectivity index (χ3v) is 2.97. The van der Waals surface area contributed by atoms with E-state index >= 15 is 0 Å². The van der Waals surface area contributed by atoms with Gasteiger partial charge in [-0.15, -0.1) is 0 Å². The molecule has 0 bridgehead atoms. The normalized spacial score (nSPS) is 10.7. The number of nitrogens with zero attached hydrogens (tertiary/aromatic N) is 1. The van der Waals surface area contributed by atoms with Crippen LogP contribution in [0.3, 0.4) is 0 Å². The standard InChI is InChI=1S/C16H20N4O6/c1-10(19-20-15(24)14(23)17-7-8-21)9-13(22)18-12-6-4-3-5-11(12)16(25)26-2/h3-6,21H,7-9H2,1-2H3,(H,17,23)(H,18,22)(H,20,24). The van der Waals surface area contributed by atoms with Gasteiger partial charge in [0.2, 0.25) is 5.91 Å². The quantitative estimate of drug-likeness (QED) is 0.220. The van der Waals surface area contributed by atoms with E-state index in [1.54, 1.807) is 18.2 Å². The van der Waals surface area contributed by atoms with Crippen LogP contribution in [0.25, 0.3) is 0 Å². The lowest BCUT2D eigenvalue weighted by Crippen LogP contribution is -2.39. The van der Waals surface area contributed by atoms with Gasteiger partial charge in [0.1, 0.15) is 0 Å². The third kappa shape index (κ3) is 6.69. The van der Waals surface area contributed by atoms with Gasteiger partial charge in [0, 0.05) is 12.3 Å². The highest BCUT2D eigenvalue weighted by atomic mass is 16.5. The maximum atomic E-state index is 12.0. The molecule has 1 rings (SSSR count). The molecule has 0 atom stereocenters. The van der Waals surface area contributed by atoms with Crippen molar-refractivity contribution in [1.29, 1.82) is 0 Å². The molecule has 0 radical (unpaired) electrons. The van der Waals surface area contributed by atoms with E-state index in [1.165, 1.54) is 20.1 Å². The lowest BCUT2D eigenvalue weighted by atomic mass is 10.1. The molecule has 10 nitrogen and oxygen atoms in total. The van der Waals surface area contributed by atoms with Crippen molar-refractivity contribution in [1.82, 2.24) is 10.7 Å². The van der Waals surface area contributed by atoms with Crippen molar-refractivity contribution in [2.24, 2.45) is 5.10 Å². The van der Waals surface area contributed by atoms with Crippen molar-refractivity contribution >= 4 is 35.1 Å². The van der Waals surface area contributed by atoms with Crippen LogP contribution in [0.4, 0.5) is 5.69 Å². The molecule has 3 amide bonds. The SMILES string of the molecule is COC(=O)c1ccccc1NC(=O)CC(C)=NNC(=O)C(=O)NCCO. The van der Waals surface area contributed by atoms with Crippen molar-refractivity contribution < 1.29 is 29.0 Å². The van der Waals surface area contributed by atoms with E-state index in [0.29, 0.717) is 0 Å². The fourth-order valence-electron chi connectivity index (χ4n) is 1.79. The number of anilines is 1. The molecule has 1 aromatic carbocycles. The van der Waals surface area contributed by atoms with Gasteiger partial charge < -0.3 is 20.5 Å². The Labute approximate surface area is 149 Å². The first-order valence-electron chi connectivity index (χ1n) is 7.58. The van der Waals surface area contributed by atoms with Gasteiger partial charge in [0.15, 0.2) is 0 Å². The van der Waals surface area contributed by atoms with E-state index in [9.17, 15) is 19.2 Å². The van der Waals surface area contributed by atoms with Crippen LogP contribution in [0.15, 0.2) is 29.4 Å². The minimum absolute atomic E-state index is 0.0586. The Morgan fingerprint density at radius 1 is 1.15 bits per heavy atom. The second-order valence-electron chi connectivity index (χ2n) is 5.03. The van der Waals surface area contributed by atoms with Crippen molar-refractivity contribution in [2.75, 3.05) is 25.6 Å². The summed E-state index contributed by atoms with van der Waals surface area (Å²) < 4.78 is 4.64. The predicted octanol–water partition coefficient (Wildman–Crippen LogP) is -0.598. The number of carbonyl (C=O) groups is 4. The van der Waals surface area contributed by atoms with E-state index in [0.717, 1.165) is 0 Å². The largest absolute Gasteiger partial charge is 0.465 e. The number of amides is 3. The van der Waals surface area contributed by atoms with E-state index in [1.807, 2.05) is 5.43 Å². The van der Waals surface area contributed by atoms with E-state index in [2.05, 4.69) is 20.5 Å². The number of para-hydroxylation sites is 1. The molecular weight excluding hydrogens is 344 g/mol. The van der Waals surface area contributed by atoms with Crippen LogP contribution < -0.4 is 16.1 Å². The van der Waals surface area contributed by atoms with Crippen molar-refractivity contribution in [3.8, 4) is 0 Å². The lowest BCUT2D eigenvalue weighted by Gasteiger charge is -2.09. The van der Waals surface area contributed by atoms with E-state index in [4.69, 9.17) is 5.11 Å². The number of methoxy groups -OCH3 is 1. The van der Waals surface area contributed by atoms with Gasteiger partial charge in [-0.05, 0) is 19.1 Å². The first-order valence-corrected chi connectivity index (χ1v) is 7.58. The fourth-order valence-corrected chi connectivity index (χ4v) is 1.79. The lowest BCUT2D eigenvalue weighted by molar-refractivity contribution is -0.139. The molecule has 140 valence electrons. The molecule has 4 N–H and O–H groups in total. The van der Waals surface area contributed by atoms with Crippen molar-refractivity contribution in [3.05, 3.63) is 29.8 Å². The van der Waals surface area contributed by atoms with E-state index in [-0.39, 0.29) is 36.5 Å². The molecule has 26 heavy (non-hydrogen) atoms. The van der Waals surface area contributed by atoms with Gasteiger partial charge in [-0.25, -0.2) is 10.2 Å². The van der Waals surface area contributed by atoms with Gasteiger partial charge in [-0.3, -0.25) is 14.4 Å². The Balaban J connectivity index is 2.61. The zero-order chi connectivity index (χ0) is 19.5. The van der Waals surface area contributed by atoms with Crippen LogP contribution >= 0.6 is 0 Å². The Morgan fingerprint density at radius 3 is 2.50 bits per heavy atom. The molecule has 0 fully saturated rings. The Bertz CT molecular complexity index is 716. The molecule has 0 saturated heterocycles. The minimum atomic E-state index is -1.02. The highest BCUT2D eigenvalue weighted by molar-refractivity contribution is 6.35. The molecule has 0 aromatic heterocycles.